The Morgan fingerprint density at radius 3 is 2.77 bits per heavy atom. The van der Waals surface area contributed by atoms with E-state index in [1.807, 2.05) is 31.2 Å². The van der Waals surface area contributed by atoms with Crippen LogP contribution in [0.5, 0.6) is 5.75 Å². The van der Waals surface area contributed by atoms with Crippen molar-refractivity contribution in [3.63, 3.8) is 0 Å². The van der Waals surface area contributed by atoms with Gasteiger partial charge < -0.3 is 10.1 Å². The Morgan fingerprint density at radius 2 is 2.10 bits per heavy atom. The fraction of sp³-hybridized carbons (Fsp3) is 0.318. The fourth-order valence-corrected chi connectivity index (χ4v) is 4.78. The predicted octanol–water partition coefficient (Wildman–Crippen LogP) is 3.86. The van der Waals surface area contributed by atoms with Gasteiger partial charge in [0.2, 0.25) is 5.91 Å². The number of aromatic nitrogens is 2. The maximum absolute atomic E-state index is 13.4. The number of aryl methyl sites for hydroxylation is 2. The Balaban J connectivity index is 1.73. The molecule has 1 fully saturated rings. The summed E-state index contributed by atoms with van der Waals surface area (Å²) in [6.45, 7) is 2.48. The minimum atomic E-state index is -0.743. The Morgan fingerprint density at radius 1 is 1.30 bits per heavy atom. The van der Waals surface area contributed by atoms with Crippen LogP contribution in [0.1, 0.15) is 40.0 Å². The van der Waals surface area contributed by atoms with E-state index in [1.165, 1.54) is 23.1 Å². The number of halogens is 1. The highest BCUT2D eigenvalue weighted by molar-refractivity contribution is 7.16. The Bertz CT molecular complexity index is 1110. The first-order valence-electron chi connectivity index (χ1n) is 9.72. The van der Waals surface area contributed by atoms with Gasteiger partial charge in [-0.1, -0.05) is 23.7 Å². The highest BCUT2D eigenvalue weighted by atomic mass is 35.5. The van der Waals surface area contributed by atoms with Gasteiger partial charge in [-0.05, 0) is 56.5 Å². The number of benzene rings is 1. The maximum Gasteiger partial charge on any atom is 0.282 e. The number of amides is 1. The van der Waals surface area contributed by atoms with E-state index in [0.29, 0.717) is 36.4 Å². The molecule has 0 aliphatic carbocycles. The zero-order valence-corrected chi connectivity index (χ0v) is 18.3. The first-order valence-corrected chi connectivity index (χ1v) is 10.9. The van der Waals surface area contributed by atoms with Crippen LogP contribution in [0.4, 0.5) is 0 Å². The molecule has 3 heterocycles. The second kappa shape index (κ2) is 8.24. The van der Waals surface area contributed by atoms with Gasteiger partial charge in [-0.2, -0.15) is 5.10 Å². The highest BCUT2D eigenvalue weighted by Crippen LogP contribution is 2.32. The lowest BCUT2D eigenvalue weighted by molar-refractivity contribution is -0.123. The van der Waals surface area contributed by atoms with Crippen molar-refractivity contribution >= 4 is 34.8 Å². The van der Waals surface area contributed by atoms with E-state index >= 15 is 0 Å². The third-order valence-corrected chi connectivity index (χ3v) is 6.84. The molecule has 0 spiro atoms. The highest BCUT2D eigenvalue weighted by Gasteiger charge is 2.42. The van der Waals surface area contributed by atoms with E-state index in [-0.39, 0.29) is 11.8 Å². The number of carbonyl (C=O) groups excluding carboxylic acids is 2. The minimum Gasteiger partial charge on any atom is -0.496 e. The molecule has 1 aliphatic heterocycles. The molecule has 156 valence electrons. The molecule has 1 saturated heterocycles. The van der Waals surface area contributed by atoms with Gasteiger partial charge in [-0.25, -0.2) is 4.68 Å². The second-order valence-electron chi connectivity index (χ2n) is 7.48. The van der Waals surface area contributed by atoms with Crippen LogP contribution in [0.2, 0.25) is 4.34 Å². The lowest BCUT2D eigenvalue weighted by Gasteiger charge is -2.17. The van der Waals surface area contributed by atoms with Gasteiger partial charge in [0.25, 0.3) is 5.91 Å². The fourth-order valence-electron chi connectivity index (χ4n) is 3.70. The molecule has 1 atom stereocenters. The number of rotatable bonds is 6. The van der Waals surface area contributed by atoms with Gasteiger partial charge in [-0.3, -0.25) is 9.59 Å². The van der Waals surface area contributed by atoms with Gasteiger partial charge >= 0.3 is 0 Å². The van der Waals surface area contributed by atoms with Crippen molar-refractivity contribution in [1.29, 1.82) is 0 Å². The summed E-state index contributed by atoms with van der Waals surface area (Å²) >= 11 is 7.57. The standard InChI is InChI=1S/C22H22ClN3O3S/c1-22(11-12-24-21(22)28)18-13-14(7-8-15-9-10-19(23)30-15)26(25-18)20(27)16-5-3-4-6-17(16)29-2/h3-6,9-10,13H,7-8,11-12H2,1-2H3,(H,24,28). The topological polar surface area (TPSA) is 73.2 Å². The molecule has 6 nitrogen and oxygen atoms in total. The molecule has 0 bridgehead atoms. The van der Waals surface area contributed by atoms with Crippen molar-refractivity contribution in [2.24, 2.45) is 0 Å². The Labute approximate surface area is 183 Å². The van der Waals surface area contributed by atoms with Gasteiger partial charge in [-0.15, -0.1) is 11.3 Å². The van der Waals surface area contributed by atoms with Crippen molar-refractivity contribution in [3.8, 4) is 5.75 Å². The zero-order valence-electron chi connectivity index (χ0n) is 16.8. The number of thiophene rings is 1. The van der Waals surface area contributed by atoms with Crippen LogP contribution in [0.3, 0.4) is 0 Å². The predicted molar refractivity (Wildman–Crippen MR) is 117 cm³/mol. The van der Waals surface area contributed by atoms with Crippen LogP contribution in [-0.2, 0) is 23.1 Å². The van der Waals surface area contributed by atoms with Crippen LogP contribution in [0, 0.1) is 0 Å². The lowest BCUT2D eigenvalue weighted by atomic mass is 9.85. The molecule has 2 aromatic heterocycles. The Kier molecular flexibility index (Phi) is 5.66. The molecule has 1 amide bonds. The number of hydrogen-bond acceptors (Lipinski definition) is 5. The molecule has 1 aromatic carbocycles. The van der Waals surface area contributed by atoms with Crippen molar-refractivity contribution in [3.05, 3.63) is 68.6 Å². The van der Waals surface area contributed by atoms with Crippen molar-refractivity contribution in [2.75, 3.05) is 13.7 Å². The number of methoxy groups -OCH3 is 1. The average molecular weight is 444 g/mol. The van der Waals surface area contributed by atoms with E-state index < -0.39 is 5.41 Å². The van der Waals surface area contributed by atoms with Crippen LogP contribution < -0.4 is 10.1 Å². The molecule has 0 radical (unpaired) electrons. The first-order chi connectivity index (χ1) is 14.4. The molecule has 0 saturated carbocycles. The zero-order chi connectivity index (χ0) is 21.3. The molecule has 1 aliphatic rings. The van der Waals surface area contributed by atoms with E-state index in [0.717, 1.165) is 21.3 Å². The summed E-state index contributed by atoms with van der Waals surface area (Å²) in [5, 5.41) is 7.48. The number of nitrogens with zero attached hydrogens (tertiary/aromatic N) is 2. The molecular weight excluding hydrogens is 422 g/mol. The maximum atomic E-state index is 13.4. The molecule has 4 rings (SSSR count). The summed E-state index contributed by atoms with van der Waals surface area (Å²) in [5.41, 5.74) is 1.05. The number of nitrogens with one attached hydrogen (secondary N) is 1. The normalized spacial score (nSPS) is 18.4. The largest absolute Gasteiger partial charge is 0.496 e. The quantitative estimate of drug-likeness (QED) is 0.627. The third-order valence-electron chi connectivity index (χ3n) is 5.55. The van der Waals surface area contributed by atoms with Gasteiger partial charge in [0.15, 0.2) is 0 Å². The summed E-state index contributed by atoms with van der Waals surface area (Å²) < 4.78 is 7.52. The van der Waals surface area contributed by atoms with Crippen molar-refractivity contribution in [1.82, 2.24) is 15.1 Å². The average Bonchev–Trinajstić information content (AvgIpc) is 3.45. The van der Waals surface area contributed by atoms with E-state index in [1.54, 1.807) is 18.2 Å². The smallest absolute Gasteiger partial charge is 0.282 e. The molecular formula is C22H22ClN3O3S. The summed E-state index contributed by atoms with van der Waals surface area (Å²) in [6.07, 6.45) is 1.97. The number of hydrogen-bond donors (Lipinski definition) is 1. The van der Waals surface area contributed by atoms with E-state index in [2.05, 4.69) is 10.4 Å². The van der Waals surface area contributed by atoms with Crippen LogP contribution in [0.25, 0.3) is 0 Å². The molecule has 1 N–H and O–H groups in total. The lowest BCUT2D eigenvalue weighted by Crippen LogP contribution is -2.33. The second-order valence-corrected chi connectivity index (χ2v) is 9.28. The van der Waals surface area contributed by atoms with E-state index in [4.69, 9.17) is 16.3 Å². The van der Waals surface area contributed by atoms with Gasteiger partial charge in [0.1, 0.15) is 5.75 Å². The van der Waals surface area contributed by atoms with Crippen molar-refractivity contribution in [2.45, 2.75) is 31.6 Å². The van der Waals surface area contributed by atoms with Crippen molar-refractivity contribution < 1.29 is 14.3 Å². The van der Waals surface area contributed by atoms with Gasteiger partial charge in [0.05, 0.1) is 28.1 Å². The van der Waals surface area contributed by atoms with E-state index in [9.17, 15) is 9.59 Å². The summed E-state index contributed by atoms with van der Waals surface area (Å²) in [4.78, 5) is 27.0. The Hall–Kier alpha value is -2.64. The number of carbonyl (C=O) groups is 2. The van der Waals surface area contributed by atoms with Gasteiger partial charge in [0, 0.05) is 17.1 Å². The SMILES string of the molecule is COc1ccccc1C(=O)n1nc(C2(C)CCNC2=O)cc1CCc1ccc(Cl)s1. The minimum absolute atomic E-state index is 0.0616. The summed E-state index contributed by atoms with van der Waals surface area (Å²) in [5.74, 6) is 0.147. The summed E-state index contributed by atoms with van der Waals surface area (Å²) in [7, 11) is 1.53. The van der Waals surface area contributed by atoms with Crippen LogP contribution in [0.15, 0.2) is 42.5 Å². The third kappa shape index (κ3) is 3.75. The molecule has 30 heavy (non-hydrogen) atoms. The summed E-state index contributed by atoms with van der Waals surface area (Å²) in [6, 6.07) is 12.8. The van der Waals surface area contributed by atoms with Crippen LogP contribution in [-0.4, -0.2) is 35.2 Å². The van der Waals surface area contributed by atoms with Crippen LogP contribution >= 0.6 is 22.9 Å². The molecule has 3 aromatic rings. The first kappa shape index (κ1) is 20.6. The number of para-hydroxylation sites is 1. The molecule has 8 heteroatoms. The number of ether oxygens (including phenoxy) is 1. The monoisotopic (exact) mass is 443 g/mol. The molecule has 1 unspecified atom stereocenters.